The maximum atomic E-state index is 5.81. The summed E-state index contributed by atoms with van der Waals surface area (Å²) in [5.41, 5.74) is 8.20. The lowest BCUT2D eigenvalue weighted by Crippen LogP contribution is -2.16. The van der Waals surface area contributed by atoms with E-state index in [4.69, 9.17) is 10.5 Å². The van der Waals surface area contributed by atoms with Gasteiger partial charge >= 0.3 is 0 Å². The molecule has 0 amide bonds. The van der Waals surface area contributed by atoms with E-state index < -0.39 is 0 Å². The van der Waals surface area contributed by atoms with Crippen molar-refractivity contribution in [3.05, 3.63) is 35.4 Å². The molecule has 0 heterocycles. The van der Waals surface area contributed by atoms with Crippen LogP contribution in [0.25, 0.3) is 0 Å². The van der Waals surface area contributed by atoms with E-state index in [2.05, 4.69) is 38.1 Å². The molecule has 0 aliphatic carbocycles. The molecule has 0 spiro atoms. The largest absolute Gasteiger partial charge is 0.372 e. The Balaban J connectivity index is 2.47. The molecule has 0 aliphatic rings. The molecular formula is C14H23NO. The van der Waals surface area contributed by atoms with Gasteiger partial charge in [-0.3, -0.25) is 0 Å². The minimum absolute atomic E-state index is 0.0526. The van der Waals surface area contributed by atoms with Crippen molar-refractivity contribution in [3.63, 3.8) is 0 Å². The number of benzene rings is 1. The van der Waals surface area contributed by atoms with Crippen molar-refractivity contribution in [1.82, 2.24) is 0 Å². The average molecular weight is 221 g/mol. The van der Waals surface area contributed by atoms with Crippen molar-refractivity contribution in [1.29, 1.82) is 0 Å². The molecule has 1 atom stereocenters. The van der Waals surface area contributed by atoms with Crippen molar-refractivity contribution in [2.75, 3.05) is 13.2 Å². The zero-order chi connectivity index (χ0) is 11.8. The number of aryl methyl sites for hydroxylation is 1. The maximum Gasteiger partial charge on any atom is 0.0947 e. The standard InChI is InChI=1S/C14H23NO/c1-3-4-5-9-16-14(11-15)13-8-6-7-12(2)10-13/h6-8,10,14H,3-5,9,11,15H2,1-2H3. The normalized spacial score (nSPS) is 12.7. The quantitative estimate of drug-likeness (QED) is 0.718. The molecule has 1 unspecified atom stereocenters. The molecule has 0 radical (unpaired) electrons. The lowest BCUT2D eigenvalue weighted by Gasteiger charge is -2.16. The van der Waals surface area contributed by atoms with Gasteiger partial charge in [-0.1, -0.05) is 49.6 Å². The van der Waals surface area contributed by atoms with Gasteiger partial charge in [0.25, 0.3) is 0 Å². The topological polar surface area (TPSA) is 35.2 Å². The van der Waals surface area contributed by atoms with Crippen LogP contribution in [0.15, 0.2) is 24.3 Å². The summed E-state index contributed by atoms with van der Waals surface area (Å²) in [5, 5.41) is 0. The van der Waals surface area contributed by atoms with Crippen molar-refractivity contribution < 1.29 is 4.74 Å². The Labute approximate surface area is 98.8 Å². The van der Waals surface area contributed by atoms with E-state index in [1.54, 1.807) is 0 Å². The zero-order valence-corrected chi connectivity index (χ0v) is 10.4. The summed E-state index contributed by atoms with van der Waals surface area (Å²) in [7, 11) is 0. The predicted octanol–water partition coefficient (Wildman–Crippen LogP) is 3.20. The Kier molecular flexibility index (Phi) is 6.12. The van der Waals surface area contributed by atoms with E-state index in [1.807, 2.05) is 0 Å². The first-order chi connectivity index (χ1) is 7.77. The highest BCUT2D eigenvalue weighted by molar-refractivity contribution is 5.24. The van der Waals surface area contributed by atoms with Crippen LogP contribution in [0.4, 0.5) is 0 Å². The fourth-order valence-electron chi connectivity index (χ4n) is 1.75. The van der Waals surface area contributed by atoms with E-state index in [0.29, 0.717) is 6.54 Å². The highest BCUT2D eigenvalue weighted by Gasteiger charge is 2.09. The average Bonchev–Trinajstić information content (AvgIpc) is 2.29. The Bertz CT molecular complexity index is 299. The summed E-state index contributed by atoms with van der Waals surface area (Å²) in [6, 6.07) is 8.39. The number of ether oxygens (including phenoxy) is 1. The van der Waals surface area contributed by atoms with Gasteiger partial charge in [0, 0.05) is 13.2 Å². The van der Waals surface area contributed by atoms with Crippen LogP contribution >= 0.6 is 0 Å². The van der Waals surface area contributed by atoms with E-state index in [0.717, 1.165) is 13.0 Å². The number of hydrogen-bond acceptors (Lipinski definition) is 2. The first-order valence-electron chi connectivity index (χ1n) is 6.16. The minimum atomic E-state index is 0.0526. The highest BCUT2D eigenvalue weighted by atomic mass is 16.5. The third kappa shape index (κ3) is 4.33. The van der Waals surface area contributed by atoms with Gasteiger partial charge in [0.1, 0.15) is 0 Å². The van der Waals surface area contributed by atoms with Crippen LogP contribution in [-0.4, -0.2) is 13.2 Å². The second-order valence-electron chi connectivity index (χ2n) is 4.22. The van der Waals surface area contributed by atoms with Crippen LogP contribution in [0.2, 0.25) is 0 Å². The van der Waals surface area contributed by atoms with Crippen molar-refractivity contribution >= 4 is 0 Å². The zero-order valence-electron chi connectivity index (χ0n) is 10.4. The van der Waals surface area contributed by atoms with Gasteiger partial charge < -0.3 is 10.5 Å². The lowest BCUT2D eigenvalue weighted by atomic mass is 10.1. The first-order valence-corrected chi connectivity index (χ1v) is 6.16. The lowest BCUT2D eigenvalue weighted by molar-refractivity contribution is 0.0559. The number of hydrogen-bond donors (Lipinski definition) is 1. The third-order valence-corrected chi connectivity index (χ3v) is 2.69. The van der Waals surface area contributed by atoms with E-state index in [9.17, 15) is 0 Å². The summed E-state index contributed by atoms with van der Waals surface area (Å²) in [5.74, 6) is 0. The molecule has 90 valence electrons. The highest BCUT2D eigenvalue weighted by Crippen LogP contribution is 2.17. The molecule has 1 aromatic rings. The molecule has 16 heavy (non-hydrogen) atoms. The Morgan fingerprint density at radius 2 is 2.12 bits per heavy atom. The molecular weight excluding hydrogens is 198 g/mol. The number of rotatable bonds is 7. The SMILES string of the molecule is CCCCCOC(CN)c1cccc(C)c1. The fraction of sp³-hybridized carbons (Fsp3) is 0.571. The molecule has 0 aliphatic heterocycles. The summed E-state index contributed by atoms with van der Waals surface area (Å²) in [4.78, 5) is 0. The van der Waals surface area contributed by atoms with Gasteiger partial charge in [0.2, 0.25) is 0 Å². The van der Waals surface area contributed by atoms with Crippen LogP contribution in [-0.2, 0) is 4.74 Å². The second-order valence-corrected chi connectivity index (χ2v) is 4.22. The van der Waals surface area contributed by atoms with Crippen molar-refractivity contribution in [2.45, 2.75) is 39.2 Å². The minimum Gasteiger partial charge on any atom is -0.372 e. The maximum absolute atomic E-state index is 5.81. The van der Waals surface area contributed by atoms with E-state index in [-0.39, 0.29) is 6.10 Å². The van der Waals surface area contributed by atoms with E-state index in [1.165, 1.54) is 24.0 Å². The summed E-state index contributed by atoms with van der Waals surface area (Å²) in [6.07, 6.45) is 3.63. The Morgan fingerprint density at radius 3 is 2.75 bits per heavy atom. The van der Waals surface area contributed by atoms with Crippen molar-refractivity contribution in [3.8, 4) is 0 Å². The van der Waals surface area contributed by atoms with Crippen LogP contribution in [0.5, 0.6) is 0 Å². The summed E-state index contributed by atoms with van der Waals surface area (Å²) >= 11 is 0. The molecule has 0 fully saturated rings. The number of unbranched alkanes of at least 4 members (excludes halogenated alkanes) is 2. The monoisotopic (exact) mass is 221 g/mol. The summed E-state index contributed by atoms with van der Waals surface area (Å²) < 4.78 is 5.81. The fourth-order valence-corrected chi connectivity index (χ4v) is 1.75. The second kappa shape index (κ2) is 7.42. The van der Waals surface area contributed by atoms with Gasteiger partial charge in [-0.05, 0) is 18.9 Å². The van der Waals surface area contributed by atoms with Gasteiger partial charge in [0.15, 0.2) is 0 Å². The van der Waals surface area contributed by atoms with Gasteiger partial charge in [-0.15, -0.1) is 0 Å². The smallest absolute Gasteiger partial charge is 0.0947 e. The molecule has 2 heteroatoms. The molecule has 0 bridgehead atoms. The van der Waals surface area contributed by atoms with Gasteiger partial charge in [-0.25, -0.2) is 0 Å². The van der Waals surface area contributed by atoms with Crippen LogP contribution in [0.1, 0.15) is 43.4 Å². The first kappa shape index (κ1) is 13.2. The molecule has 1 rings (SSSR count). The molecule has 0 aromatic heterocycles. The Morgan fingerprint density at radius 1 is 1.31 bits per heavy atom. The summed E-state index contributed by atoms with van der Waals surface area (Å²) in [6.45, 7) is 5.65. The number of nitrogens with two attached hydrogens (primary N) is 1. The Hall–Kier alpha value is -0.860. The van der Waals surface area contributed by atoms with Crippen LogP contribution < -0.4 is 5.73 Å². The predicted molar refractivity (Wildman–Crippen MR) is 68.5 cm³/mol. The van der Waals surface area contributed by atoms with Crippen LogP contribution in [0.3, 0.4) is 0 Å². The van der Waals surface area contributed by atoms with E-state index >= 15 is 0 Å². The van der Waals surface area contributed by atoms with Crippen molar-refractivity contribution in [2.24, 2.45) is 5.73 Å². The van der Waals surface area contributed by atoms with Crippen LogP contribution in [0, 0.1) is 6.92 Å². The molecule has 0 saturated carbocycles. The molecule has 2 N–H and O–H groups in total. The molecule has 0 saturated heterocycles. The van der Waals surface area contributed by atoms with Gasteiger partial charge in [-0.2, -0.15) is 0 Å². The van der Waals surface area contributed by atoms with Gasteiger partial charge in [0.05, 0.1) is 6.10 Å². The molecule has 2 nitrogen and oxygen atoms in total. The molecule has 1 aromatic carbocycles. The third-order valence-electron chi connectivity index (χ3n) is 2.69.